The standard InChI is InChI=1S/C18H8F6N2O4/c19-17(20,21)9-6-10(18(22,23)24)12-11(7-9)25-15(28)14(27)13(12)26-30-16(29)8-4-2-1-3-5-8/h1-7H,(H,25,28). The van der Waals surface area contributed by atoms with Gasteiger partial charge in [-0.2, -0.15) is 26.3 Å². The maximum atomic E-state index is 13.5. The van der Waals surface area contributed by atoms with E-state index in [4.69, 9.17) is 0 Å². The van der Waals surface area contributed by atoms with Gasteiger partial charge in [0, 0.05) is 5.56 Å². The van der Waals surface area contributed by atoms with E-state index in [-0.39, 0.29) is 17.7 Å². The Balaban J connectivity index is 2.16. The number of hydrogen-bond donors (Lipinski definition) is 1. The molecule has 1 amide bonds. The van der Waals surface area contributed by atoms with Gasteiger partial charge in [0.25, 0.3) is 11.7 Å². The average Bonchev–Trinajstić information content (AvgIpc) is 2.66. The van der Waals surface area contributed by atoms with E-state index < -0.39 is 58.1 Å². The third-order valence-corrected chi connectivity index (χ3v) is 3.91. The lowest BCUT2D eigenvalue weighted by molar-refractivity contribution is -0.143. The third kappa shape index (κ3) is 4.02. The molecule has 1 aliphatic heterocycles. The SMILES string of the molecule is O=C1Nc2cc(C(F)(F)F)cc(C(F)(F)F)c2C(=NOC(=O)c2ccccc2)C1=O. The summed E-state index contributed by atoms with van der Waals surface area (Å²) in [6.07, 6.45) is -10.5. The van der Waals surface area contributed by atoms with Crippen LogP contribution in [0, 0.1) is 0 Å². The number of carbonyl (C=O) groups excluding carboxylic acids is 3. The summed E-state index contributed by atoms with van der Waals surface area (Å²) in [6.45, 7) is 0. The van der Waals surface area contributed by atoms with Gasteiger partial charge in [-0.15, -0.1) is 0 Å². The van der Waals surface area contributed by atoms with Crippen LogP contribution in [0.15, 0.2) is 47.6 Å². The molecule has 1 aliphatic rings. The second-order valence-electron chi connectivity index (χ2n) is 5.91. The zero-order valence-corrected chi connectivity index (χ0v) is 14.4. The van der Waals surface area contributed by atoms with Crippen molar-refractivity contribution in [1.82, 2.24) is 0 Å². The molecule has 1 N–H and O–H groups in total. The van der Waals surface area contributed by atoms with Crippen LogP contribution < -0.4 is 5.32 Å². The summed E-state index contributed by atoms with van der Waals surface area (Å²) < 4.78 is 79.3. The highest BCUT2D eigenvalue weighted by Crippen LogP contribution is 2.42. The molecule has 0 aromatic heterocycles. The van der Waals surface area contributed by atoms with Gasteiger partial charge in [0.05, 0.1) is 22.4 Å². The first-order chi connectivity index (χ1) is 13.9. The number of oxime groups is 1. The van der Waals surface area contributed by atoms with Crippen LogP contribution in [0.4, 0.5) is 32.0 Å². The highest BCUT2D eigenvalue weighted by atomic mass is 19.4. The molecule has 30 heavy (non-hydrogen) atoms. The molecule has 0 fully saturated rings. The molecule has 0 saturated heterocycles. The number of fused-ring (bicyclic) bond motifs is 1. The number of nitrogens with one attached hydrogen (secondary N) is 1. The fourth-order valence-electron chi connectivity index (χ4n) is 2.58. The highest BCUT2D eigenvalue weighted by molar-refractivity contribution is 6.72. The molecular formula is C18H8F6N2O4. The molecule has 12 heteroatoms. The van der Waals surface area contributed by atoms with Gasteiger partial charge in [0.2, 0.25) is 0 Å². The highest BCUT2D eigenvalue weighted by Gasteiger charge is 2.44. The zero-order valence-electron chi connectivity index (χ0n) is 14.4. The van der Waals surface area contributed by atoms with Gasteiger partial charge >= 0.3 is 18.3 Å². The Morgan fingerprint density at radius 2 is 1.57 bits per heavy atom. The molecule has 0 aliphatic carbocycles. The minimum atomic E-state index is -5.35. The van der Waals surface area contributed by atoms with Gasteiger partial charge in [-0.1, -0.05) is 23.4 Å². The summed E-state index contributed by atoms with van der Waals surface area (Å²) in [5.74, 6) is -4.32. The van der Waals surface area contributed by atoms with E-state index in [0.29, 0.717) is 0 Å². The van der Waals surface area contributed by atoms with Crippen molar-refractivity contribution >= 4 is 29.1 Å². The summed E-state index contributed by atoms with van der Waals surface area (Å²) in [6, 6.07) is 7.01. The molecule has 3 rings (SSSR count). The molecule has 0 atom stereocenters. The number of anilines is 1. The molecule has 2 aromatic carbocycles. The molecule has 0 saturated carbocycles. The fraction of sp³-hybridized carbons (Fsp3) is 0.111. The number of hydrogen-bond acceptors (Lipinski definition) is 5. The van der Waals surface area contributed by atoms with Gasteiger partial charge in [-0.05, 0) is 24.3 Å². The molecule has 2 aromatic rings. The Labute approximate surface area is 163 Å². The minimum absolute atomic E-state index is 0.0711. The lowest BCUT2D eigenvalue weighted by Crippen LogP contribution is -2.38. The predicted molar refractivity (Wildman–Crippen MR) is 88.5 cm³/mol. The number of ketones is 1. The summed E-state index contributed by atoms with van der Waals surface area (Å²) in [7, 11) is 0. The van der Waals surface area contributed by atoms with E-state index in [9.17, 15) is 40.7 Å². The van der Waals surface area contributed by atoms with E-state index in [1.807, 2.05) is 0 Å². The molecular weight excluding hydrogens is 422 g/mol. The van der Waals surface area contributed by atoms with Crippen LogP contribution in [0.5, 0.6) is 0 Å². The van der Waals surface area contributed by atoms with Gasteiger partial charge < -0.3 is 10.2 Å². The number of rotatable bonds is 2. The van der Waals surface area contributed by atoms with Crippen LogP contribution in [0.2, 0.25) is 0 Å². The van der Waals surface area contributed by atoms with Crippen LogP contribution in [-0.4, -0.2) is 23.4 Å². The van der Waals surface area contributed by atoms with Crippen LogP contribution in [0.1, 0.15) is 27.0 Å². The zero-order chi connectivity index (χ0) is 22.3. The first kappa shape index (κ1) is 21.0. The van der Waals surface area contributed by atoms with Crippen molar-refractivity contribution < 1.29 is 45.6 Å². The Hall–Kier alpha value is -3.70. The average molecular weight is 430 g/mol. The molecule has 0 spiro atoms. The summed E-state index contributed by atoms with van der Waals surface area (Å²) in [5.41, 5.74) is -6.99. The molecule has 0 unspecified atom stereocenters. The largest absolute Gasteiger partial charge is 0.417 e. The quantitative estimate of drug-likeness (QED) is 0.340. The third-order valence-electron chi connectivity index (χ3n) is 3.91. The Kier molecular flexibility index (Phi) is 5.10. The van der Waals surface area contributed by atoms with E-state index in [0.717, 1.165) is 0 Å². The van der Waals surface area contributed by atoms with Crippen LogP contribution in [0.25, 0.3) is 0 Å². The summed E-state index contributed by atoms with van der Waals surface area (Å²) in [4.78, 5) is 40.2. The van der Waals surface area contributed by atoms with Crippen LogP contribution in [0.3, 0.4) is 0 Å². The lowest BCUT2D eigenvalue weighted by Gasteiger charge is -2.23. The molecule has 156 valence electrons. The number of carbonyl (C=O) groups is 3. The van der Waals surface area contributed by atoms with Gasteiger partial charge in [0.1, 0.15) is 0 Å². The van der Waals surface area contributed by atoms with Gasteiger partial charge in [-0.3, -0.25) is 9.59 Å². The van der Waals surface area contributed by atoms with Crippen molar-refractivity contribution in [2.24, 2.45) is 5.16 Å². The number of halogens is 6. The van der Waals surface area contributed by atoms with E-state index >= 15 is 0 Å². The van der Waals surface area contributed by atoms with Crippen molar-refractivity contribution in [3.05, 3.63) is 64.7 Å². The van der Waals surface area contributed by atoms with Gasteiger partial charge in [-0.25, -0.2) is 4.79 Å². The van der Waals surface area contributed by atoms with E-state index in [1.165, 1.54) is 24.3 Å². The first-order valence-electron chi connectivity index (χ1n) is 7.92. The monoisotopic (exact) mass is 430 g/mol. The second kappa shape index (κ2) is 7.28. The topological polar surface area (TPSA) is 84.8 Å². The summed E-state index contributed by atoms with van der Waals surface area (Å²) in [5, 5.41) is 4.75. The van der Waals surface area contributed by atoms with Crippen LogP contribution in [-0.2, 0) is 26.8 Å². The molecule has 1 heterocycles. The lowest BCUT2D eigenvalue weighted by atomic mass is 9.92. The number of benzene rings is 2. The number of amides is 1. The smallest absolute Gasteiger partial charge is 0.318 e. The van der Waals surface area contributed by atoms with Crippen molar-refractivity contribution in [3.8, 4) is 0 Å². The first-order valence-corrected chi connectivity index (χ1v) is 7.92. The molecule has 0 bridgehead atoms. The van der Waals surface area contributed by atoms with Gasteiger partial charge in [0.15, 0.2) is 5.71 Å². The number of Topliss-reactive ketones (excluding diaryl/α,β-unsaturated/α-hetero) is 1. The fourth-order valence-corrected chi connectivity index (χ4v) is 2.58. The van der Waals surface area contributed by atoms with E-state index in [2.05, 4.69) is 9.99 Å². The Morgan fingerprint density at radius 3 is 2.13 bits per heavy atom. The van der Waals surface area contributed by atoms with Crippen molar-refractivity contribution in [2.75, 3.05) is 5.32 Å². The normalized spacial score (nSPS) is 15.6. The Morgan fingerprint density at radius 1 is 0.933 bits per heavy atom. The van der Waals surface area contributed by atoms with Crippen molar-refractivity contribution in [3.63, 3.8) is 0 Å². The summed E-state index contributed by atoms with van der Waals surface area (Å²) >= 11 is 0. The number of alkyl halides is 6. The Bertz CT molecular complexity index is 1070. The second-order valence-corrected chi connectivity index (χ2v) is 5.91. The minimum Gasteiger partial charge on any atom is -0.318 e. The van der Waals surface area contributed by atoms with E-state index in [1.54, 1.807) is 11.4 Å². The molecule has 0 radical (unpaired) electrons. The maximum absolute atomic E-state index is 13.5. The van der Waals surface area contributed by atoms with Crippen LogP contribution >= 0.6 is 0 Å². The molecule has 6 nitrogen and oxygen atoms in total. The maximum Gasteiger partial charge on any atom is 0.417 e. The predicted octanol–water partition coefficient (Wildman–Crippen LogP) is 3.81. The van der Waals surface area contributed by atoms with Crippen molar-refractivity contribution in [1.29, 1.82) is 0 Å². The van der Waals surface area contributed by atoms with Crippen molar-refractivity contribution in [2.45, 2.75) is 12.4 Å². The number of nitrogens with zero attached hydrogens (tertiary/aromatic N) is 1.